The van der Waals surface area contributed by atoms with E-state index in [-0.39, 0.29) is 6.04 Å². The zero-order chi connectivity index (χ0) is 15.2. The van der Waals surface area contributed by atoms with Crippen molar-refractivity contribution in [3.05, 3.63) is 58.4 Å². The molecule has 0 aliphatic heterocycles. The van der Waals surface area contributed by atoms with Crippen LogP contribution in [0.15, 0.2) is 36.5 Å². The van der Waals surface area contributed by atoms with Crippen molar-refractivity contribution >= 4 is 11.6 Å². The first-order chi connectivity index (χ1) is 10.2. The Bertz CT molecular complexity index is 584. The number of nitrogens with zero attached hydrogens (tertiary/aromatic N) is 1. The van der Waals surface area contributed by atoms with Crippen molar-refractivity contribution in [2.75, 3.05) is 13.7 Å². The van der Waals surface area contributed by atoms with Gasteiger partial charge in [-0.15, -0.1) is 0 Å². The van der Waals surface area contributed by atoms with E-state index in [1.54, 1.807) is 13.3 Å². The molecule has 112 valence electrons. The van der Waals surface area contributed by atoms with Crippen LogP contribution in [0.1, 0.15) is 36.2 Å². The van der Waals surface area contributed by atoms with E-state index >= 15 is 0 Å². The Hall–Kier alpha value is -1.58. The fraction of sp³-hybridized carbons (Fsp3) is 0.353. The molecule has 0 aliphatic rings. The predicted molar refractivity (Wildman–Crippen MR) is 87.1 cm³/mol. The summed E-state index contributed by atoms with van der Waals surface area (Å²) in [6.45, 7) is 5.13. The lowest BCUT2D eigenvalue weighted by Crippen LogP contribution is -2.24. The number of hydrogen-bond donors (Lipinski definition) is 1. The summed E-state index contributed by atoms with van der Waals surface area (Å²) >= 11 is 5.94. The Labute approximate surface area is 131 Å². The summed E-state index contributed by atoms with van der Waals surface area (Å²) in [5, 5.41) is 4.18. The highest BCUT2D eigenvalue weighted by Gasteiger charge is 2.19. The third-order valence-corrected chi connectivity index (χ3v) is 3.56. The normalized spacial score (nSPS) is 12.2. The standard InChI is InChI=1S/C17H21ClN2O/c1-4-9-19-17(15-7-6-13(18)11-20-15)14-10-12(2)5-8-16(14)21-3/h5-8,10-11,17,19H,4,9H2,1-3H3. The van der Waals surface area contributed by atoms with Gasteiger partial charge in [0.05, 0.1) is 23.9 Å². The minimum atomic E-state index is -0.00272. The van der Waals surface area contributed by atoms with Crippen molar-refractivity contribution in [1.29, 1.82) is 0 Å². The maximum Gasteiger partial charge on any atom is 0.124 e. The van der Waals surface area contributed by atoms with E-state index in [0.29, 0.717) is 5.02 Å². The molecule has 1 aromatic heterocycles. The number of hydrogen-bond acceptors (Lipinski definition) is 3. The highest BCUT2D eigenvalue weighted by molar-refractivity contribution is 6.30. The Morgan fingerprint density at radius 3 is 2.71 bits per heavy atom. The monoisotopic (exact) mass is 304 g/mol. The van der Waals surface area contributed by atoms with E-state index in [4.69, 9.17) is 16.3 Å². The van der Waals surface area contributed by atoms with Gasteiger partial charge >= 0.3 is 0 Å². The minimum Gasteiger partial charge on any atom is -0.496 e. The van der Waals surface area contributed by atoms with Gasteiger partial charge in [0.25, 0.3) is 0 Å². The number of rotatable bonds is 6. The molecule has 3 nitrogen and oxygen atoms in total. The topological polar surface area (TPSA) is 34.2 Å². The van der Waals surface area contributed by atoms with Crippen molar-refractivity contribution in [2.45, 2.75) is 26.3 Å². The SMILES string of the molecule is CCCNC(c1ccc(Cl)cn1)c1cc(C)ccc1OC. The van der Waals surface area contributed by atoms with Crippen LogP contribution in [-0.2, 0) is 0 Å². The molecule has 21 heavy (non-hydrogen) atoms. The molecule has 0 aliphatic carbocycles. The van der Waals surface area contributed by atoms with E-state index in [1.165, 1.54) is 5.56 Å². The van der Waals surface area contributed by atoms with Gasteiger partial charge in [0.2, 0.25) is 0 Å². The molecule has 0 amide bonds. The molecule has 0 spiro atoms. The van der Waals surface area contributed by atoms with Gasteiger partial charge in [-0.1, -0.05) is 36.2 Å². The molecule has 1 unspecified atom stereocenters. The molecule has 1 heterocycles. The average molecular weight is 305 g/mol. The minimum absolute atomic E-state index is 0.00272. The van der Waals surface area contributed by atoms with Gasteiger partial charge in [-0.25, -0.2) is 0 Å². The molecule has 2 aromatic rings. The third kappa shape index (κ3) is 3.96. The van der Waals surface area contributed by atoms with Crippen molar-refractivity contribution in [3.63, 3.8) is 0 Å². The first-order valence-corrected chi connectivity index (χ1v) is 7.53. The number of pyridine rings is 1. The van der Waals surface area contributed by atoms with Crippen molar-refractivity contribution in [3.8, 4) is 5.75 Å². The summed E-state index contributed by atoms with van der Waals surface area (Å²) in [5.74, 6) is 0.867. The van der Waals surface area contributed by atoms with Crippen LogP contribution < -0.4 is 10.1 Å². The average Bonchev–Trinajstić information content (AvgIpc) is 2.49. The van der Waals surface area contributed by atoms with Crippen LogP contribution in [-0.4, -0.2) is 18.6 Å². The summed E-state index contributed by atoms with van der Waals surface area (Å²) in [4.78, 5) is 4.46. The maximum absolute atomic E-state index is 5.94. The van der Waals surface area contributed by atoms with Gasteiger partial charge < -0.3 is 10.1 Å². The van der Waals surface area contributed by atoms with E-state index in [1.807, 2.05) is 18.2 Å². The van der Waals surface area contributed by atoms with Crippen LogP contribution >= 0.6 is 11.6 Å². The van der Waals surface area contributed by atoms with E-state index in [9.17, 15) is 0 Å². The molecule has 1 aromatic carbocycles. The Morgan fingerprint density at radius 2 is 2.10 bits per heavy atom. The number of aryl methyl sites for hydroxylation is 1. The van der Waals surface area contributed by atoms with Crippen molar-refractivity contribution in [2.24, 2.45) is 0 Å². The van der Waals surface area contributed by atoms with Crippen molar-refractivity contribution in [1.82, 2.24) is 10.3 Å². The quantitative estimate of drug-likeness (QED) is 0.871. The largest absolute Gasteiger partial charge is 0.496 e. The molecule has 1 N–H and O–H groups in total. The van der Waals surface area contributed by atoms with Gasteiger partial charge in [-0.05, 0) is 38.1 Å². The van der Waals surface area contributed by atoms with Crippen LogP contribution in [0.2, 0.25) is 5.02 Å². The zero-order valence-electron chi connectivity index (χ0n) is 12.7. The van der Waals surface area contributed by atoms with Gasteiger partial charge in [0.15, 0.2) is 0 Å². The molecule has 0 bridgehead atoms. The van der Waals surface area contributed by atoms with Crippen LogP contribution in [0.3, 0.4) is 0 Å². The second-order valence-corrected chi connectivity index (χ2v) is 5.47. The molecule has 0 fully saturated rings. The lowest BCUT2D eigenvalue weighted by Gasteiger charge is -2.21. The van der Waals surface area contributed by atoms with Crippen LogP contribution in [0, 0.1) is 6.92 Å². The number of benzene rings is 1. The van der Waals surface area contributed by atoms with Crippen LogP contribution in [0.4, 0.5) is 0 Å². The van der Waals surface area contributed by atoms with Crippen LogP contribution in [0.5, 0.6) is 5.75 Å². The Kier molecular flexibility index (Phi) is 5.59. The fourth-order valence-corrected chi connectivity index (χ4v) is 2.41. The zero-order valence-corrected chi connectivity index (χ0v) is 13.4. The Balaban J connectivity index is 2.44. The predicted octanol–water partition coefficient (Wildman–Crippen LogP) is 4.14. The first kappa shape index (κ1) is 15.8. The van der Waals surface area contributed by atoms with E-state index < -0.39 is 0 Å². The molecule has 2 rings (SSSR count). The van der Waals surface area contributed by atoms with Gasteiger partial charge in [0, 0.05) is 11.8 Å². The molecule has 0 radical (unpaired) electrons. The van der Waals surface area contributed by atoms with E-state index in [0.717, 1.165) is 30.0 Å². The molecule has 0 saturated heterocycles. The maximum atomic E-state index is 5.94. The Morgan fingerprint density at radius 1 is 1.29 bits per heavy atom. The molecule has 1 atom stereocenters. The second-order valence-electron chi connectivity index (χ2n) is 5.03. The summed E-state index contributed by atoms with van der Waals surface area (Å²) in [7, 11) is 1.69. The molecular weight excluding hydrogens is 284 g/mol. The van der Waals surface area contributed by atoms with Gasteiger partial charge in [-0.3, -0.25) is 4.98 Å². The number of methoxy groups -OCH3 is 1. The van der Waals surface area contributed by atoms with Crippen molar-refractivity contribution < 1.29 is 4.74 Å². The number of ether oxygens (including phenoxy) is 1. The second kappa shape index (κ2) is 7.43. The van der Waals surface area contributed by atoms with Gasteiger partial charge in [0.1, 0.15) is 5.75 Å². The number of halogens is 1. The highest BCUT2D eigenvalue weighted by atomic mass is 35.5. The lowest BCUT2D eigenvalue weighted by molar-refractivity contribution is 0.403. The smallest absolute Gasteiger partial charge is 0.124 e. The van der Waals surface area contributed by atoms with E-state index in [2.05, 4.69) is 36.3 Å². The summed E-state index contributed by atoms with van der Waals surface area (Å²) in [6.07, 6.45) is 2.73. The molecule has 0 saturated carbocycles. The summed E-state index contributed by atoms with van der Waals surface area (Å²) in [5.41, 5.74) is 3.24. The highest BCUT2D eigenvalue weighted by Crippen LogP contribution is 2.30. The summed E-state index contributed by atoms with van der Waals surface area (Å²) in [6, 6.07) is 10.0. The van der Waals surface area contributed by atoms with Crippen LogP contribution in [0.25, 0.3) is 0 Å². The third-order valence-electron chi connectivity index (χ3n) is 3.34. The molecular formula is C17H21ClN2O. The number of aromatic nitrogens is 1. The first-order valence-electron chi connectivity index (χ1n) is 7.15. The van der Waals surface area contributed by atoms with Gasteiger partial charge in [-0.2, -0.15) is 0 Å². The lowest BCUT2D eigenvalue weighted by atomic mass is 9.99. The fourth-order valence-electron chi connectivity index (χ4n) is 2.30. The number of nitrogens with one attached hydrogen (secondary N) is 1. The molecule has 4 heteroatoms. The summed E-state index contributed by atoms with van der Waals surface area (Å²) < 4.78 is 5.51.